The zero-order valence-corrected chi connectivity index (χ0v) is 14.2. The third-order valence-corrected chi connectivity index (χ3v) is 6.02. The topological polar surface area (TPSA) is 29.0 Å². The number of hydrogen-bond acceptors (Lipinski definition) is 5. The molecule has 0 bridgehead atoms. The van der Waals surface area contributed by atoms with Crippen molar-refractivity contribution in [1.29, 1.82) is 0 Å². The van der Waals surface area contributed by atoms with E-state index in [9.17, 15) is 0 Å². The molecule has 1 aromatic carbocycles. The first-order valence-corrected chi connectivity index (χ1v) is 9.18. The summed E-state index contributed by atoms with van der Waals surface area (Å²) in [4.78, 5) is 3.94. The quantitative estimate of drug-likeness (QED) is 0.703. The summed E-state index contributed by atoms with van der Waals surface area (Å²) in [6, 6.07) is 13.2. The van der Waals surface area contributed by atoms with Gasteiger partial charge in [-0.1, -0.05) is 46.4 Å². The highest BCUT2D eigenvalue weighted by Gasteiger charge is 2.30. The normalized spacial score (nSPS) is 18.3. The molecule has 2 aromatic heterocycles. The second-order valence-electron chi connectivity index (χ2n) is 5.33. The van der Waals surface area contributed by atoms with Crippen LogP contribution in [0.2, 0.25) is 4.34 Å². The first-order valence-electron chi connectivity index (χ1n) is 7.15. The molecule has 1 aliphatic rings. The fraction of sp³-hybridized carbons (Fsp3) is 0.250. The van der Waals surface area contributed by atoms with E-state index in [1.54, 1.807) is 0 Å². The van der Waals surface area contributed by atoms with E-state index < -0.39 is 0 Å². The number of thiophene rings is 1. The number of aromatic nitrogens is 2. The van der Waals surface area contributed by atoms with Gasteiger partial charge in [-0.3, -0.25) is 4.90 Å². The maximum atomic E-state index is 6.20. The molecule has 0 spiro atoms. The minimum atomic E-state index is 0.272. The first-order chi connectivity index (χ1) is 10.8. The van der Waals surface area contributed by atoms with Gasteiger partial charge in [0, 0.05) is 29.5 Å². The standard InChI is InChI=1S/C16H14ClN3S2/c17-16-13(18-19-22-16)10-20-8-6-14-12(7-9-21-14)15(20)11-4-2-1-3-5-11/h1-5,7,9,15H,6,8,10H2. The monoisotopic (exact) mass is 347 g/mol. The van der Waals surface area contributed by atoms with Gasteiger partial charge in [-0.25, -0.2) is 0 Å². The van der Waals surface area contributed by atoms with Gasteiger partial charge < -0.3 is 0 Å². The molecule has 0 N–H and O–H groups in total. The van der Waals surface area contributed by atoms with E-state index in [0.29, 0.717) is 4.34 Å². The van der Waals surface area contributed by atoms with Gasteiger partial charge in [0.05, 0.1) is 6.04 Å². The van der Waals surface area contributed by atoms with E-state index in [-0.39, 0.29) is 6.04 Å². The lowest BCUT2D eigenvalue weighted by atomic mass is 9.93. The van der Waals surface area contributed by atoms with Gasteiger partial charge in [-0.15, -0.1) is 16.4 Å². The molecule has 1 aliphatic heterocycles. The molecule has 3 aromatic rings. The van der Waals surface area contributed by atoms with Crippen LogP contribution in [0.3, 0.4) is 0 Å². The summed E-state index contributed by atoms with van der Waals surface area (Å²) in [5.74, 6) is 0. The third-order valence-electron chi connectivity index (χ3n) is 4.04. The Morgan fingerprint density at radius 3 is 2.86 bits per heavy atom. The van der Waals surface area contributed by atoms with Crippen LogP contribution in [-0.2, 0) is 13.0 Å². The minimum absolute atomic E-state index is 0.272. The lowest BCUT2D eigenvalue weighted by molar-refractivity contribution is 0.204. The summed E-state index contributed by atoms with van der Waals surface area (Å²) < 4.78 is 4.65. The van der Waals surface area contributed by atoms with Crippen molar-refractivity contribution in [2.75, 3.05) is 6.54 Å². The van der Waals surface area contributed by atoms with Crippen molar-refractivity contribution in [2.24, 2.45) is 0 Å². The summed E-state index contributed by atoms with van der Waals surface area (Å²) in [6.45, 7) is 1.76. The van der Waals surface area contributed by atoms with Crippen molar-refractivity contribution in [3.63, 3.8) is 0 Å². The third kappa shape index (κ3) is 2.58. The molecule has 1 unspecified atom stereocenters. The van der Waals surface area contributed by atoms with Crippen LogP contribution in [0, 0.1) is 0 Å². The highest BCUT2D eigenvalue weighted by Crippen LogP contribution is 2.38. The molecule has 0 fully saturated rings. The predicted molar refractivity (Wildman–Crippen MR) is 91.6 cm³/mol. The Bertz CT molecular complexity index is 769. The molecule has 0 saturated carbocycles. The summed E-state index contributed by atoms with van der Waals surface area (Å²) >= 11 is 9.32. The summed E-state index contributed by atoms with van der Waals surface area (Å²) in [7, 11) is 0. The van der Waals surface area contributed by atoms with E-state index in [1.165, 1.54) is 27.5 Å². The highest BCUT2D eigenvalue weighted by molar-refractivity contribution is 7.10. The van der Waals surface area contributed by atoms with E-state index in [0.717, 1.165) is 25.2 Å². The lowest BCUT2D eigenvalue weighted by Gasteiger charge is -2.35. The number of rotatable bonds is 3. The number of nitrogens with zero attached hydrogens (tertiary/aromatic N) is 3. The molecule has 0 saturated heterocycles. The molecule has 3 nitrogen and oxygen atoms in total. The molecular formula is C16H14ClN3S2. The van der Waals surface area contributed by atoms with Crippen molar-refractivity contribution >= 4 is 34.5 Å². The number of halogens is 1. The first kappa shape index (κ1) is 14.3. The molecule has 0 aliphatic carbocycles. The fourth-order valence-corrected chi connectivity index (χ4v) is 4.56. The van der Waals surface area contributed by atoms with Gasteiger partial charge in [0.25, 0.3) is 0 Å². The number of benzene rings is 1. The lowest BCUT2D eigenvalue weighted by Crippen LogP contribution is -2.35. The van der Waals surface area contributed by atoms with E-state index >= 15 is 0 Å². The smallest absolute Gasteiger partial charge is 0.138 e. The van der Waals surface area contributed by atoms with Crippen LogP contribution in [0.5, 0.6) is 0 Å². The largest absolute Gasteiger partial charge is 0.286 e. The maximum absolute atomic E-state index is 6.20. The summed E-state index contributed by atoms with van der Waals surface area (Å²) in [5.41, 5.74) is 3.62. The zero-order chi connectivity index (χ0) is 14.9. The Kier molecular flexibility index (Phi) is 3.96. The van der Waals surface area contributed by atoms with Gasteiger partial charge in [0.2, 0.25) is 0 Å². The molecule has 0 radical (unpaired) electrons. The van der Waals surface area contributed by atoms with Crippen molar-refractivity contribution in [3.8, 4) is 0 Å². The number of fused-ring (bicyclic) bond motifs is 1. The van der Waals surface area contributed by atoms with Gasteiger partial charge >= 0.3 is 0 Å². The highest BCUT2D eigenvalue weighted by atomic mass is 35.5. The molecule has 1 atom stereocenters. The van der Waals surface area contributed by atoms with Crippen molar-refractivity contribution < 1.29 is 0 Å². The molecular weight excluding hydrogens is 334 g/mol. The Morgan fingerprint density at radius 1 is 1.23 bits per heavy atom. The second kappa shape index (κ2) is 6.08. The van der Waals surface area contributed by atoms with Gasteiger partial charge in [-0.05, 0) is 29.0 Å². The van der Waals surface area contributed by atoms with Crippen LogP contribution >= 0.6 is 34.5 Å². The van der Waals surface area contributed by atoms with Crippen LogP contribution in [0.25, 0.3) is 0 Å². The molecule has 0 amide bonds. The van der Waals surface area contributed by atoms with Crippen molar-refractivity contribution in [2.45, 2.75) is 19.0 Å². The van der Waals surface area contributed by atoms with Gasteiger partial charge in [-0.2, -0.15) is 0 Å². The Labute approximate surface area is 142 Å². The average molecular weight is 348 g/mol. The second-order valence-corrected chi connectivity index (χ2v) is 7.68. The Balaban J connectivity index is 1.73. The molecule has 4 rings (SSSR count). The summed E-state index contributed by atoms with van der Waals surface area (Å²) in [6.07, 6.45) is 1.09. The van der Waals surface area contributed by atoms with Crippen LogP contribution in [0.1, 0.15) is 27.7 Å². The van der Waals surface area contributed by atoms with Gasteiger partial charge in [0.15, 0.2) is 0 Å². The van der Waals surface area contributed by atoms with E-state index in [4.69, 9.17) is 11.6 Å². The van der Waals surface area contributed by atoms with Crippen LogP contribution < -0.4 is 0 Å². The average Bonchev–Trinajstić information content (AvgIpc) is 3.17. The summed E-state index contributed by atoms with van der Waals surface area (Å²) in [5, 5.41) is 6.38. The Morgan fingerprint density at radius 2 is 2.09 bits per heavy atom. The molecule has 3 heterocycles. The van der Waals surface area contributed by atoms with Crippen LogP contribution in [0.15, 0.2) is 41.8 Å². The van der Waals surface area contributed by atoms with E-state index in [1.807, 2.05) is 11.3 Å². The zero-order valence-electron chi connectivity index (χ0n) is 11.8. The maximum Gasteiger partial charge on any atom is 0.138 e. The molecule has 22 heavy (non-hydrogen) atoms. The van der Waals surface area contributed by atoms with Crippen LogP contribution in [0.4, 0.5) is 0 Å². The fourth-order valence-electron chi connectivity index (χ4n) is 3.05. The van der Waals surface area contributed by atoms with E-state index in [2.05, 4.69) is 56.3 Å². The molecule has 6 heteroatoms. The van der Waals surface area contributed by atoms with Crippen molar-refractivity contribution in [3.05, 3.63) is 67.8 Å². The SMILES string of the molecule is Clc1snnc1CN1CCc2sccc2C1c1ccccc1. The number of hydrogen-bond donors (Lipinski definition) is 0. The van der Waals surface area contributed by atoms with Gasteiger partial charge in [0.1, 0.15) is 10.0 Å². The minimum Gasteiger partial charge on any atom is -0.286 e. The van der Waals surface area contributed by atoms with Crippen LogP contribution in [-0.4, -0.2) is 21.0 Å². The predicted octanol–water partition coefficient (Wildman–Crippen LogP) is 4.40. The Hall–Kier alpha value is -1.27. The van der Waals surface area contributed by atoms with Crippen molar-refractivity contribution in [1.82, 2.24) is 14.5 Å². The molecule has 112 valence electrons.